The van der Waals surface area contributed by atoms with Crippen molar-refractivity contribution in [1.82, 2.24) is 14.3 Å². The van der Waals surface area contributed by atoms with E-state index < -0.39 is 10.0 Å². The molecule has 0 aliphatic carbocycles. The summed E-state index contributed by atoms with van der Waals surface area (Å²) in [5, 5.41) is 0.589. The van der Waals surface area contributed by atoms with Crippen LogP contribution in [-0.2, 0) is 29.5 Å². The number of fused-ring (bicyclic) bond motifs is 2. The molecular formula is C32H30N4O3S2. The first-order valence-electron chi connectivity index (χ1n) is 13.6. The highest BCUT2D eigenvalue weighted by Crippen LogP contribution is 2.35. The minimum Gasteiger partial charge on any atom is -0.279 e. The Bertz CT molecular complexity index is 1820. The third-order valence-electron chi connectivity index (χ3n) is 7.44. The van der Waals surface area contributed by atoms with Crippen molar-refractivity contribution in [2.45, 2.75) is 44.2 Å². The summed E-state index contributed by atoms with van der Waals surface area (Å²) >= 11 is 1.47. The molecule has 0 N–H and O–H groups in total. The van der Waals surface area contributed by atoms with Crippen LogP contribution in [0.2, 0.25) is 0 Å². The summed E-state index contributed by atoms with van der Waals surface area (Å²) in [6.45, 7) is 5.31. The third-order valence-corrected chi connectivity index (χ3v) is 10.3. The van der Waals surface area contributed by atoms with Gasteiger partial charge in [0.1, 0.15) is 0 Å². The number of carbonyl (C=O) groups is 1. The molecular weight excluding hydrogens is 553 g/mol. The molecule has 0 unspecified atom stereocenters. The first-order valence-corrected chi connectivity index (χ1v) is 15.8. The van der Waals surface area contributed by atoms with Crippen LogP contribution in [0.1, 0.15) is 52.4 Å². The summed E-state index contributed by atoms with van der Waals surface area (Å²) in [6, 6.07) is 24.1. The molecule has 1 aliphatic heterocycles. The fourth-order valence-corrected chi connectivity index (χ4v) is 7.61. The van der Waals surface area contributed by atoms with Gasteiger partial charge >= 0.3 is 0 Å². The number of benzene rings is 3. The van der Waals surface area contributed by atoms with Gasteiger partial charge in [0.05, 0.1) is 21.7 Å². The van der Waals surface area contributed by atoms with Crippen LogP contribution >= 0.6 is 11.3 Å². The molecule has 0 bridgehead atoms. The molecule has 0 atom stereocenters. The van der Waals surface area contributed by atoms with Crippen LogP contribution in [0.25, 0.3) is 10.2 Å². The number of nitrogens with zero attached hydrogens (tertiary/aromatic N) is 4. The van der Waals surface area contributed by atoms with Crippen molar-refractivity contribution in [1.29, 1.82) is 0 Å². The smallest absolute Gasteiger partial charge is 0.260 e. The maximum absolute atomic E-state index is 14.0. The molecule has 0 radical (unpaired) electrons. The second kappa shape index (κ2) is 11.2. The summed E-state index contributed by atoms with van der Waals surface area (Å²) in [4.78, 5) is 24.9. The first kappa shape index (κ1) is 27.3. The van der Waals surface area contributed by atoms with E-state index in [4.69, 9.17) is 4.98 Å². The number of para-hydroxylation sites is 1. The zero-order chi connectivity index (χ0) is 28.6. The number of hydrogen-bond acceptors (Lipinski definition) is 6. The van der Waals surface area contributed by atoms with E-state index in [0.29, 0.717) is 36.1 Å². The van der Waals surface area contributed by atoms with Crippen LogP contribution in [0.15, 0.2) is 96.2 Å². The molecule has 0 fully saturated rings. The second-order valence-corrected chi connectivity index (χ2v) is 13.4. The van der Waals surface area contributed by atoms with E-state index in [0.717, 1.165) is 26.9 Å². The topological polar surface area (TPSA) is 83.5 Å². The van der Waals surface area contributed by atoms with Crippen molar-refractivity contribution in [3.63, 3.8) is 0 Å². The largest absolute Gasteiger partial charge is 0.279 e. The summed E-state index contributed by atoms with van der Waals surface area (Å²) < 4.78 is 29.5. The predicted molar refractivity (Wildman–Crippen MR) is 163 cm³/mol. The van der Waals surface area contributed by atoms with Gasteiger partial charge < -0.3 is 0 Å². The van der Waals surface area contributed by atoms with Gasteiger partial charge in [-0.05, 0) is 71.0 Å². The van der Waals surface area contributed by atoms with Gasteiger partial charge in [-0.15, -0.1) is 0 Å². The van der Waals surface area contributed by atoms with Crippen LogP contribution in [0.3, 0.4) is 0 Å². The van der Waals surface area contributed by atoms with Gasteiger partial charge in [0.25, 0.3) is 5.91 Å². The van der Waals surface area contributed by atoms with Crippen molar-refractivity contribution < 1.29 is 13.2 Å². The Morgan fingerprint density at radius 3 is 2.49 bits per heavy atom. The summed E-state index contributed by atoms with van der Waals surface area (Å²) in [7, 11) is -3.71. The lowest BCUT2D eigenvalue weighted by molar-refractivity contribution is 0.0985. The van der Waals surface area contributed by atoms with Crippen molar-refractivity contribution >= 4 is 42.6 Å². The molecule has 1 amide bonds. The summed E-state index contributed by atoms with van der Waals surface area (Å²) in [6.07, 6.45) is 4.11. The predicted octanol–water partition coefficient (Wildman–Crippen LogP) is 6.41. The molecule has 1 aliphatic rings. The van der Waals surface area contributed by atoms with E-state index in [2.05, 4.69) is 24.9 Å². The quantitative estimate of drug-likeness (QED) is 0.222. The van der Waals surface area contributed by atoms with Gasteiger partial charge in [0.15, 0.2) is 5.13 Å². The number of thiazole rings is 1. The molecule has 208 valence electrons. The Balaban J connectivity index is 1.31. The number of aromatic nitrogens is 2. The lowest BCUT2D eigenvalue weighted by Gasteiger charge is -2.28. The molecule has 3 aromatic carbocycles. The van der Waals surface area contributed by atoms with Gasteiger partial charge in [-0.3, -0.25) is 14.7 Å². The number of anilines is 1. The molecule has 5 aromatic rings. The van der Waals surface area contributed by atoms with Crippen LogP contribution in [0.4, 0.5) is 5.13 Å². The molecule has 0 saturated heterocycles. The van der Waals surface area contributed by atoms with E-state index in [1.165, 1.54) is 33.3 Å². The van der Waals surface area contributed by atoms with Crippen molar-refractivity contribution in [2.24, 2.45) is 0 Å². The van der Waals surface area contributed by atoms with E-state index >= 15 is 0 Å². The highest BCUT2D eigenvalue weighted by atomic mass is 32.2. The molecule has 2 aromatic heterocycles. The number of sulfonamides is 1. The minimum atomic E-state index is -3.71. The SMILES string of the molecule is CC(C)c1cccc2sc(N(Cc3cccnc3)C(=O)c3ccc(S(=O)(=O)N4CCc5ccccc5C4)cc3)nc12. The number of rotatable bonds is 7. The lowest BCUT2D eigenvalue weighted by atomic mass is 10.0. The average molecular weight is 583 g/mol. The van der Waals surface area contributed by atoms with Gasteiger partial charge in [-0.1, -0.05) is 67.6 Å². The second-order valence-electron chi connectivity index (χ2n) is 10.5. The highest BCUT2D eigenvalue weighted by Gasteiger charge is 2.29. The minimum absolute atomic E-state index is 0.175. The molecule has 9 heteroatoms. The number of hydrogen-bond donors (Lipinski definition) is 0. The van der Waals surface area contributed by atoms with E-state index in [9.17, 15) is 13.2 Å². The maximum atomic E-state index is 14.0. The molecule has 0 saturated carbocycles. The zero-order valence-corrected chi connectivity index (χ0v) is 24.5. The Morgan fingerprint density at radius 2 is 1.76 bits per heavy atom. The molecule has 6 rings (SSSR count). The molecule has 7 nitrogen and oxygen atoms in total. The number of carbonyl (C=O) groups excluding carboxylic acids is 1. The fraction of sp³-hybridized carbons (Fsp3) is 0.219. The van der Waals surface area contributed by atoms with Gasteiger partial charge in [-0.2, -0.15) is 4.31 Å². The third kappa shape index (κ3) is 5.40. The molecule has 0 spiro atoms. The molecule has 3 heterocycles. The summed E-state index contributed by atoms with van der Waals surface area (Å²) in [5.74, 6) is 0.0360. The Hall–Kier alpha value is -3.92. The Morgan fingerprint density at radius 1 is 0.976 bits per heavy atom. The van der Waals surface area contributed by atoms with Crippen molar-refractivity contribution in [2.75, 3.05) is 11.4 Å². The molecule has 41 heavy (non-hydrogen) atoms. The van der Waals surface area contributed by atoms with Crippen LogP contribution in [0, 0.1) is 0 Å². The van der Waals surface area contributed by atoms with E-state index in [1.807, 2.05) is 48.5 Å². The van der Waals surface area contributed by atoms with E-state index in [1.54, 1.807) is 29.4 Å². The first-order chi connectivity index (χ1) is 19.8. The zero-order valence-electron chi connectivity index (χ0n) is 22.9. The number of amides is 1. The standard InChI is InChI=1S/C32H30N4O3S2/c1-22(2)28-10-5-11-29-30(28)34-32(40-29)36(20-23-7-6-17-33-19-23)31(37)25-12-14-27(15-13-25)41(38,39)35-18-16-24-8-3-4-9-26(24)21-35/h3-15,17,19,22H,16,18,20-21H2,1-2H3. The van der Waals surface area contributed by atoms with Crippen LogP contribution < -0.4 is 4.90 Å². The average Bonchev–Trinajstić information content (AvgIpc) is 3.44. The summed E-state index contributed by atoms with van der Waals surface area (Å²) in [5.41, 5.74) is 5.50. The fourth-order valence-electron chi connectivity index (χ4n) is 5.19. The highest BCUT2D eigenvalue weighted by molar-refractivity contribution is 7.89. The Kier molecular flexibility index (Phi) is 7.42. The maximum Gasteiger partial charge on any atom is 0.260 e. The number of pyridine rings is 1. The monoisotopic (exact) mass is 582 g/mol. The van der Waals surface area contributed by atoms with E-state index in [-0.39, 0.29) is 17.3 Å². The van der Waals surface area contributed by atoms with Crippen LogP contribution in [0.5, 0.6) is 0 Å². The van der Waals surface area contributed by atoms with Gasteiger partial charge in [0.2, 0.25) is 10.0 Å². The van der Waals surface area contributed by atoms with Crippen LogP contribution in [-0.4, -0.2) is 35.1 Å². The van der Waals surface area contributed by atoms with Crippen molar-refractivity contribution in [3.8, 4) is 0 Å². The normalized spacial score (nSPS) is 13.8. The Labute approximate surface area is 244 Å². The lowest BCUT2D eigenvalue weighted by Crippen LogP contribution is -2.36. The van der Waals surface area contributed by atoms with Gasteiger partial charge in [-0.25, -0.2) is 13.4 Å². The van der Waals surface area contributed by atoms with Crippen molar-refractivity contribution in [3.05, 3.63) is 119 Å². The van der Waals surface area contributed by atoms with Gasteiger partial charge in [0, 0.05) is 31.0 Å².